The van der Waals surface area contributed by atoms with E-state index in [9.17, 15) is 18.0 Å². The van der Waals surface area contributed by atoms with Crippen molar-refractivity contribution >= 4 is 27.5 Å². The first kappa shape index (κ1) is 31.9. The standard InChI is InChI=1S/C33H43N3O4S/c1-7-9-20-34-33(38)30(8-2)35(22-28-15-10-24(3)11-16-28)32(37)23-36(31-19-14-26(5)21-27(31)6)41(39,40)29-17-12-25(4)13-18-29/h10-19,21,30H,7-9,20,22-23H2,1-6H3,(H,34,38)/t30-/m0/s1. The quantitative estimate of drug-likeness (QED) is 0.259. The van der Waals surface area contributed by atoms with Crippen LogP contribution in [0, 0.1) is 27.7 Å². The highest BCUT2D eigenvalue weighted by Crippen LogP contribution is 2.28. The van der Waals surface area contributed by atoms with Crippen molar-refractivity contribution < 1.29 is 18.0 Å². The largest absolute Gasteiger partial charge is 0.354 e. The molecule has 1 N–H and O–H groups in total. The minimum absolute atomic E-state index is 0.102. The van der Waals surface area contributed by atoms with Gasteiger partial charge < -0.3 is 10.2 Å². The number of aryl methyl sites for hydroxylation is 4. The van der Waals surface area contributed by atoms with Crippen molar-refractivity contribution in [3.05, 3.63) is 94.5 Å². The van der Waals surface area contributed by atoms with Crippen LogP contribution in [0.25, 0.3) is 0 Å². The number of hydrogen-bond acceptors (Lipinski definition) is 4. The molecule has 220 valence electrons. The molecule has 41 heavy (non-hydrogen) atoms. The van der Waals surface area contributed by atoms with Gasteiger partial charge in [-0.1, -0.05) is 85.5 Å². The average molecular weight is 578 g/mol. The van der Waals surface area contributed by atoms with E-state index in [-0.39, 0.29) is 17.3 Å². The number of carbonyl (C=O) groups is 2. The predicted octanol–water partition coefficient (Wildman–Crippen LogP) is 5.84. The van der Waals surface area contributed by atoms with Crippen molar-refractivity contribution in [2.75, 3.05) is 17.4 Å². The summed E-state index contributed by atoms with van der Waals surface area (Å²) < 4.78 is 29.3. The summed E-state index contributed by atoms with van der Waals surface area (Å²) in [4.78, 5) is 29.1. The second-order valence-corrected chi connectivity index (χ2v) is 12.6. The Bertz CT molecular complexity index is 1430. The number of rotatable bonds is 13. The maximum absolute atomic E-state index is 14.2. The number of nitrogens with zero attached hydrogens (tertiary/aromatic N) is 2. The van der Waals surface area contributed by atoms with E-state index in [1.807, 2.05) is 77.9 Å². The fourth-order valence-corrected chi connectivity index (χ4v) is 6.23. The molecule has 0 unspecified atom stereocenters. The van der Waals surface area contributed by atoms with Crippen LogP contribution in [-0.2, 0) is 26.2 Å². The molecule has 3 aromatic carbocycles. The molecule has 7 nitrogen and oxygen atoms in total. The number of sulfonamides is 1. The molecule has 0 aliphatic heterocycles. The average Bonchev–Trinajstić information content (AvgIpc) is 2.93. The summed E-state index contributed by atoms with van der Waals surface area (Å²) in [5.74, 6) is -0.681. The topological polar surface area (TPSA) is 86.8 Å². The molecule has 0 bridgehead atoms. The van der Waals surface area contributed by atoms with E-state index in [0.717, 1.165) is 40.7 Å². The summed E-state index contributed by atoms with van der Waals surface area (Å²) in [6.07, 6.45) is 2.16. The third-order valence-electron chi connectivity index (χ3n) is 7.20. The third kappa shape index (κ3) is 8.19. The first-order valence-corrected chi connectivity index (χ1v) is 15.7. The van der Waals surface area contributed by atoms with Gasteiger partial charge in [-0.25, -0.2) is 8.42 Å². The van der Waals surface area contributed by atoms with Gasteiger partial charge in [0.15, 0.2) is 0 Å². The number of hydrogen-bond donors (Lipinski definition) is 1. The number of carbonyl (C=O) groups excluding carboxylic acids is 2. The maximum atomic E-state index is 14.2. The van der Waals surface area contributed by atoms with Crippen LogP contribution in [0.2, 0.25) is 0 Å². The van der Waals surface area contributed by atoms with E-state index in [0.29, 0.717) is 18.7 Å². The Balaban J connectivity index is 2.06. The van der Waals surface area contributed by atoms with E-state index in [1.54, 1.807) is 30.3 Å². The highest BCUT2D eigenvalue weighted by atomic mass is 32.2. The maximum Gasteiger partial charge on any atom is 0.264 e. The molecule has 0 aliphatic carbocycles. The highest BCUT2D eigenvalue weighted by molar-refractivity contribution is 7.92. The first-order chi connectivity index (χ1) is 19.5. The molecule has 0 saturated carbocycles. The summed E-state index contributed by atoms with van der Waals surface area (Å²) in [6, 6.07) is 19.1. The third-order valence-corrected chi connectivity index (χ3v) is 8.97. The van der Waals surface area contributed by atoms with Gasteiger partial charge >= 0.3 is 0 Å². The Labute approximate surface area is 245 Å². The number of unbranched alkanes of at least 4 members (excludes halogenated alkanes) is 1. The van der Waals surface area contributed by atoms with E-state index < -0.39 is 28.5 Å². The summed E-state index contributed by atoms with van der Waals surface area (Å²) >= 11 is 0. The molecule has 2 amide bonds. The second kappa shape index (κ2) is 14.3. The smallest absolute Gasteiger partial charge is 0.264 e. The summed E-state index contributed by atoms with van der Waals surface area (Å²) in [6.45, 7) is 11.8. The van der Waals surface area contributed by atoms with Crippen LogP contribution in [-0.4, -0.2) is 44.3 Å². The van der Waals surface area contributed by atoms with Crippen LogP contribution in [0.4, 0.5) is 5.69 Å². The van der Waals surface area contributed by atoms with Crippen LogP contribution in [0.5, 0.6) is 0 Å². The van der Waals surface area contributed by atoms with Gasteiger partial charge in [0.05, 0.1) is 10.6 Å². The summed E-state index contributed by atoms with van der Waals surface area (Å²) in [7, 11) is -4.10. The van der Waals surface area contributed by atoms with E-state index in [1.165, 1.54) is 9.21 Å². The molecular weight excluding hydrogens is 534 g/mol. The Morgan fingerprint density at radius 2 is 1.41 bits per heavy atom. The molecular formula is C33H43N3O4S. The molecule has 0 radical (unpaired) electrons. The van der Waals surface area contributed by atoms with Gasteiger partial charge in [-0.2, -0.15) is 0 Å². The lowest BCUT2D eigenvalue weighted by molar-refractivity contribution is -0.140. The monoisotopic (exact) mass is 577 g/mol. The van der Waals surface area contributed by atoms with Gasteiger partial charge in [0.1, 0.15) is 12.6 Å². The Kier molecular flexibility index (Phi) is 11.1. The molecule has 0 aliphatic rings. The van der Waals surface area contributed by atoms with Gasteiger partial charge in [-0.05, 0) is 69.9 Å². The molecule has 0 fully saturated rings. The van der Waals surface area contributed by atoms with Crippen LogP contribution in [0.3, 0.4) is 0 Å². The van der Waals surface area contributed by atoms with Gasteiger partial charge in [0.25, 0.3) is 10.0 Å². The number of amides is 2. The molecule has 3 aromatic rings. The van der Waals surface area contributed by atoms with E-state index in [4.69, 9.17) is 0 Å². The normalized spacial score (nSPS) is 12.0. The predicted molar refractivity (Wildman–Crippen MR) is 165 cm³/mol. The van der Waals surface area contributed by atoms with Crippen molar-refractivity contribution in [2.24, 2.45) is 0 Å². The van der Waals surface area contributed by atoms with Gasteiger partial charge in [0.2, 0.25) is 11.8 Å². The Morgan fingerprint density at radius 3 is 1.98 bits per heavy atom. The lowest BCUT2D eigenvalue weighted by Crippen LogP contribution is -2.52. The highest BCUT2D eigenvalue weighted by Gasteiger charge is 2.34. The van der Waals surface area contributed by atoms with Gasteiger partial charge in [-0.3, -0.25) is 13.9 Å². The second-order valence-electron chi connectivity index (χ2n) is 10.7. The van der Waals surface area contributed by atoms with Gasteiger partial charge in [-0.15, -0.1) is 0 Å². The lowest BCUT2D eigenvalue weighted by atomic mass is 10.1. The molecule has 0 heterocycles. The fraction of sp³-hybridized carbons (Fsp3) is 0.394. The molecule has 0 aromatic heterocycles. The number of nitrogens with one attached hydrogen (secondary N) is 1. The number of anilines is 1. The van der Waals surface area contributed by atoms with E-state index in [2.05, 4.69) is 5.32 Å². The van der Waals surface area contributed by atoms with Crippen molar-refractivity contribution in [3.63, 3.8) is 0 Å². The van der Waals surface area contributed by atoms with Crippen LogP contribution in [0.15, 0.2) is 71.6 Å². The van der Waals surface area contributed by atoms with Crippen molar-refractivity contribution in [1.82, 2.24) is 10.2 Å². The minimum Gasteiger partial charge on any atom is -0.354 e. The Hall–Kier alpha value is -3.65. The number of benzene rings is 3. The van der Waals surface area contributed by atoms with Crippen molar-refractivity contribution in [3.8, 4) is 0 Å². The summed E-state index contributed by atoms with van der Waals surface area (Å²) in [5.41, 5.74) is 5.04. The molecule has 8 heteroatoms. The van der Waals surface area contributed by atoms with Crippen LogP contribution in [0.1, 0.15) is 60.9 Å². The fourth-order valence-electron chi connectivity index (χ4n) is 4.75. The van der Waals surface area contributed by atoms with E-state index >= 15 is 0 Å². The molecule has 1 atom stereocenters. The Morgan fingerprint density at radius 1 is 0.829 bits per heavy atom. The molecule has 0 spiro atoms. The molecule has 0 saturated heterocycles. The SMILES string of the molecule is CCCCNC(=O)[C@H](CC)N(Cc1ccc(C)cc1)C(=O)CN(c1ccc(C)cc1C)S(=O)(=O)c1ccc(C)cc1. The lowest BCUT2D eigenvalue weighted by Gasteiger charge is -2.33. The zero-order valence-corrected chi connectivity index (χ0v) is 25.9. The zero-order chi connectivity index (χ0) is 30.2. The van der Waals surface area contributed by atoms with Crippen molar-refractivity contribution in [1.29, 1.82) is 0 Å². The first-order valence-electron chi connectivity index (χ1n) is 14.3. The molecule has 3 rings (SSSR count). The zero-order valence-electron chi connectivity index (χ0n) is 25.1. The minimum atomic E-state index is -4.10. The van der Waals surface area contributed by atoms with Gasteiger partial charge in [0, 0.05) is 13.1 Å². The summed E-state index contributed by atoms with van der Waals surface area (Å²) in [5, 5.41) is 2.96. The van der Waals surface area contributed by atoms with Crippen molar-refractivity contribution in [2.45, 2.75) is 78.3 Å². The van der Waals surface area contributed by atoms with Crippen LogP contribution >= 0.6 is 0 Å². The van der Waals surface area contributed by atoms with Crippen LogP contribution < -0.4 is 9.62 Å².